The Bertz CT molecular complexity index is 118. The Kier molecular flexibility index (Phi) is 3.56. The van der Waals surface area contributed by atoms with E-state index in [0.717, 1.165) is 0 Å². The lowest BCUT2D eigenvalue weighted by molar-refractivity contribution is -0.112. The number of hydrogen-bond donors (Lipinski definition) is 2. The van der Waals surface area contributed by atoms with Crippen LogP contribution in [0.5, 0.6) is 0 Å². The molecule has 0 aliphatic carbocycles. The van der Waals surface area contributed by atoms with E-state index in [1.54, 1.807) is 0 Å². The molecule has 2 nitrogen and oxygen atoms in total. The fourth-order valence-electron chi connectivity index (χ4n) is 0.230. The molecular weight excluding hydrogens is 124 g/mol. The number of allylic oxidation sites excluding steroid dienone is 1. The zero-order valence-corrected chi connectivity index (χ0v) is 5.48. The third-order valence-electron chi connectivity index (χ3n) is 0.645. The molecule has 0 atom stereocenters. The van der Waals surface area contributed by atoms with Crippen molar-refractivity contribution < 1.29 is 9.90 Å². The van der Waals surface area contributed by atoms with Crippen LogP contribution in [0.1, 0.15) is 6.92 Å². The number of hydrogen-bond acceptors (Lipinski definition) is 3. The van der Waals surface area contributed by atoms with Gasteiger partial charge in [-0.1, -0.05) is 0 Å². The summed E-state index contributed by atoms with van der Waals surface area (Å²) in [5.74, 6) is -0.123. The third-order valence-corrected chi connectivity index (χ3v) is 1.14. The summed E-state index contributed by atoms with van der Waals surface area (Å²) in [4.78, 5) is 10.6. The van der Waals surface area contributed by atoms with Crippen molar-refractivity contribution in [1.29, 1.82) is 0 Å². The van der Waals surface area contributed by atoms with Crippen molar-refractivity contribution in [3.8, 4) is 0 Å². The summed E-state index contributed by atoms with van der Waals surface area (Å²) in [5.41, 5.74) is 0. The molecule has 0 amide bonds. The predicted molar refractivity (Wildman–Crippen MR) is 34.8 cm³/mol. The van der Waals surface area contributed by atoms with E-state index in [1.807, 2.05) is 0 Å². The van der Waals surface area contributed by atoms with Gasteiger partial charge in [0.25, 0.3) is 0 Å². The van der Waals surface area contributed by atoms with Crippen LogP contribution in [0.4, 0.5) is 0 Å². The molecule has 0 saturated carbocycles. The zero-order valence-electron chi connectivity index (χ0n) is 4.59. The van der Waals surface area contributed by atoms with Gasteiger partial charge in [0.2, 0.25) is 0 Å². The monoisotopic (exact) mass is 132 g/mol. The summed E-state index contributed by atoms with van der Waals surface area (Å²) in [6.45, 7) is 1.27. The molecule has 0 aromatic carbocycles. The first kappa shape index (κ1) is 7.72. The highest BCUT2D eigenvalue weighted by atomic mass is 32.1. The minimum Gasteiger partial charge on any atom is -0.392 e. The molecule has 0 aromatic heterocycles. The Balaban J connectivity index is 3.80. The molecule has 0 saturated heterocycles. The number of aliphatic hydroxyl groups excluding tert-OH is 1. The number of carbonyl (C=O) groups is 1. The minimum absolute atomic E-state index is 0.123. The molecular formula is C5H8O2S. The quantitative estimate of drug-likeness (QED) is 0.421. The van der Waals surface area contributed by atoms with Gasteiger partial charge in [-0.25, -0.2) is 0 Å². The summed E-state index contributed by atoms with van der Waals surface area (Å²) < 4.78 is 0. The van der Waals surface area contributed by atoms with E-state index >= 15 is 0 Å². The smallest absolute Gasteiger partial charge is 0.165 e. The highest BCUT2D eigenvalue weighted by Gasteiger charge is 1.92. The maximum atomic E-state index is 10.3. The molecule has 0 bridgehead atoms. The lowest BCUT2D eigenvalue weighted by Gasteiger charge is -1.87. The highest BCUT2D eigenvalue weighted by molar-refractivity contribution is 7.85. The molecule has 8 heavy (non-hydrogen) atoms. The molecule has 0 aliphatic heterocycles. The van der Waals surface area contributed by atoms with Gasteiger partial charge in [0.1, 0.15) is 0 Å². The van der Waals surface area contributed by atoms with E-state index in [0.29, 0.717) is 4.91 Å². The van der Waals surface area contributed by atoms with Gasteiger partial charge in [0.15, 0.2) is 5.78 Å². The fraction of sp³-hybridized carbons (Fsp3) is 0.400. The highest BCUT2D eigenvalue weighted by Crippen LogP contribution is 1.98. The summed E-state index contributed by atoms with van der Waals surface area (Å²) in [7, 11) is 0. The number of Topliss-reactive ketones (excluding diaryl/α,β-unsaturated/α-hetero) is 1. The van der Waals surface area contributed by atoms with Gasteiger partial charge in [-0.05, 0) is 13.0 Å². The van der Waals surface area contributed by atoms with Crippen molar-refractivity contribution in [2.45, 2.75) is 6.92 Å². The fourth-order valence-corrected chi connectivity index (χ4v) is 0.312. The average Bonchev–Trinajstić information content (AvgIpc) is 1.67. The van der Waals surface area contributed by atoms with Crippen LogP contribution in [0, 0.1) is 0 Å². The van der Waals surface area contributed by atoms with E-state index in [1.165, 1.54) is 13.0 Å². The van der Waals surface area contributed by atoms with Crippen LogP contribution in [0.15, 0.2) is 11.0 Å². The SMILES string of the molecule is CC(=O)/C(S)=C/CO. The molecule has 0 heterocycles. The summed E-state index contributed by atoms with van der Waals surface area (Å²) in [5, 5.41) is 8.21. The van der Waals surface area contributed by atoms with Crippen molar-refractivity contribution in [3.63, 3.8) is 0 Å². The minimum atomic E-state index is -0.127. The molecule has 1 N–H and O–H groups in total. The Morgan fingerprint density at radius 3 is 2.50 bits per heavy atom. The molecule has 0 fully saturated rings. The normalized spacial score (nSPS) is 11.6. The Morgan fingerprint density at radius 2 is 2.38 bits per heavy atom. The Morgan fingerprint density at radius 1 is 1.88 bits per heavy atom. The standard InChI is InChI=1S/C5H8O2S/c1-4(7)5(8)2-3-6/h2,6,8H,3H2,1H3/b5-2-. The summed E-state index contributed by atoms with van der Waals surface area (Å²) >= 11 is 3.76. The number of carbonyl (C=O) groups excluding carboxylic acids is 1. The maximum Gasteiger partial charge on any atom is 0.165 e. The molecule has 46 valence electrons. The van der Waals surface area contributed by atoms with Gasteiger partial charge in [-0.3, -0.25) is 4.79 Å². The first-order chi connectivity index (χ1) is 3.68. The molecule has 0 aliphatic rings. The van der Waals surface area contributed by atoms with Crippen LogP contribution in [0.25, 0.3) is 0 Å². The molecule has 0 rings (SSSR count). The van der Waals surface area contributed by atoms with Crippen molar-refractivity contribution in [3.05, 3.63) is 11.0 Å². The molecule has 0 aromatic rings. The van der Waals surface area contributed by atoms with Crippen molar-refractivity contribution in [2.75, 3.05) is 6.61 Å². The van der Waals surface area contributed by atoms with Crippen LogP contribution in [0.2, 0.25) is 0 Å². The van der Waals surface area contributed by atoms with Crippen LogP contribution in [-0.4, -0.2) is 17.5 Å². The average molecular weight is 132 g/mol. The van der Waals surface area contributed by atoms with Crippen LogP contribution < -0.4 is 0 Å². The molecule has 0 unspecified atom stereocenters. The molecule has 0 spiro atoms. The van der Waals surface area contributed by atoms with Gasteiger partial charge >= 0.3 is 0 Å². The van der Waals surface area contributed by atoms with E-state index < -0.39 is 0 Å². The van der Waals surface area contributed by atoms with Gasteiger partial charge in [-0.15, -0.1) is 12.6 Å². The van der Waals surface area contributed by atoms with E-state index in [-0.39, 0.29) is 12.4 Å². The predicted octanol–water partition coefficient (Wildman–Crippen LogP) is 0.381. The second kappa shape index (κ2) is 3.69. The lowest BCUT2D eigenvalue weighted by atomic mass is 10.4. The van der Waals surface area contributed by atoms with Gasteiger partial charge in [0.05, 0.1) is 6.61 Å². The van der Waals surface area contributed by atoms with Crippen molar-refractivity contribution in [1.82, 2.24) is 0 Å². The van der Waals surface area contributed by atoms with Crippen LogP contribution in [0.3, 0.4) is 0 Å². The van der Waals surface area contributed by atoms with Gasteiger partial charge in [0, 0.05) is 4.91 Å². The van der Waals surface area contributed by atoms with Crippen LogP contribution in [-0.2, 0) is 4.79 Å². The topological polar surface area (TPSA) is 37.3 Å². The summed E-state index contributed by atoms with van der Waals surface area (Å²) in [6, 6.07) is 0. The first-order valence-electron chi connectivity index (χ1n) is 2.19. The largest absolute Gasteiger partial charge is 0.392 e. The molecule has 3 heteroatoms. The van der Waals surface area contributed by atoms with E-state index in [4.69, 9.17) is 5.11 Å². The number of aliphatic hydroxyl groups is 1. The second-order valence-electron chi connectivity index (χ2n) is 1.33. The Labute approximate surface area is 53.6 Å². The second-order valence-corrected chi connectivity index (χ2v) is 1.81. The van der Waals surface area contributed by atoms with E-state index in [9.17, 15) is 4.79 Å². The van der Waals surface area contributed by atoms with Gasteiger partial charge in [-0.2, -0.15) is 0 Å². The van der Waals surface area contributed by atoms with Crippen molar-refractivity contribution in [2.24, 2.45) is 0 Å². The van der Waals surface area contributed by atoms with E-state index in [2.05, 4.69) is 12.6 Å². The third kappa shape index (κ3) is 2.82. The lowest BCUT2D eigenvalue weighted by Crippen LogP contribution is -1.89. The number of rotatable bonds is 2. The Hall–Kier alpha value is -0.280. The number of ketones is 1. The number of thiol groups is 1. The maximum absolute atomic E-state index is 10.3. The van der Waals surface area contributed by atoms with Gasteiger partial charge < -0.3 is 5.11 Å². The van der Waals surface area contributed by atoms with Crippen LogP contribution >= 0.6 is 12.6 Å². The molecule has 0 radical (unpaired) electrons. The zero-order chi connectivity index (χ0) is 6.57. The van der Waals surface area contributed by atoms with Crippen molar-refractivity contribution >= 4 is 18.4 Å². The first-order valence-corrected chi connectivity index (χ1v) is 2.64. The summed E-state index contributed by atoms with van der Waals surface area (Å²) in [6.07, 6.45) is 1.35.